The van der Waals surface area contributed by atoms with E-state index in [0.717, 1.165) is 24.2 Å². The van der Waals surface area contributed by atoms with Crippen molar-refractivity contribution in [2.45, 2.75) is 37.6 Å². The van der Waals surface area contributed by atoms with Gasteiger partial charge in [-0.2, -0.15) is 0 Å². The van der Waals surface area contributed by atoms with Gasteiger partial charge in [0.1, 0.15) is 12.1 Å². The van der Waals surface area contributed by atoms with E-state index >= 15 is 0 Å². The van der Waals surface area contributed by atoms with E-state index in [1.807, 2.05) is 0 Å². The number of urea groups is 1. The van der Waals surface area contributed by atoms with Gasteiger partial charge in [0, 0.05) is 20.1 Å². The largest absolute Gasteiger partial charge is 0.353 e. The fraction of sp³-hybridized carbons (Fsp3) is 0.786. The third kappa shape index (κ3) is 2.88. The van der Waals surface area contributed by atoms with E-state index in [1.54, 1.807) is 14.1 Å². The summed E-state index contributed by atoms with van der Waals surface area (Å²) in [5.41, 5.74) is -0.708. The van der Waals surface area contributed by atoms with Crippen LogP contribution in [0.3, 0.4) is 0 Å². The maximum absolute atomic E-state index is 12.6. The molecule has 21 heavy (non-hydrogen) atoms. The van der Waals surface area contributed by atoms with Crippen molar-refractivity contribution < 1.29 is 14.4 Å². The third-order valence-electron chi connectivity index (χ3n) is 4.48. The summed E-state index contributed by atoms with van der Waals surface area (Å²) in [4.78, 5) is 39.4. The van der Waals surface area contributed by atoms with Crippen molar-refractivity contribution in [3.8, 4) is 0 Å². The first-order valence-corrected chi connectivity index (χ1v) is 7.54. The molecule has 0 aromatic carbocycles. The van der Waals surface area contributed by atoms with Gasteiger partial charge in [-0.3, -0.25) is 14.5 Å². The topological polar surface area (TPSA) is 81.8 Å². The molecule has 1 aliphatic heterocycles. The molecular formula is C14H24N4O3. The molecule has 1 saturated carbocycles. The zero-order valence-corrected chi connectivity index (χ0v) is 12.8. The van der Waals surface area contributed by atoms with Crippen LogP contribution >= 0.6 is 0 Å². The highest BCUT2D eigenvalue weighted by Gasteiger charge is 2.55. The minimum Gasteiger partial charge on any atom is -0.353 e. The minimum absolute atomic E-state index is 0.187. The van der Waals surface area contributed by atoms with Gasteiger partial charge in [0.25, 0.3) is 5.91 Å². The van der Waals surface area contributed by atoms with Gasteiger partial charge in [0.2, 0.25) is 5.91 Å². The second kappa shape index (κ2) is 6.43. The number of nitrogens with zero attached hydrogens (tertiary/aromatic N) is 2. The summed E-state index contributed by atoms with van der Waals surface area (Å²) in [5, 5.41) is 5.61. The lowest BCUT2D eigenvalue weighted by molar-refractivity contribution is -0.137. The number of amides is 4. The van der Waals surface area contributed by atoms with Gasteiger partial charge in [-0.1, -0.05) is 19.3 Å². The number of rotatable bonds is 5. The van der Waals surface area contributed by atoms with Crippen LogP contribution in [0.2, 0.25) is 0 Å². The first-order chi connectivity index (χ1) is 10.0. The predicted molar refractivity (Wildman–Crippen MR) is 77.6 cm³/mol. The summed E-state index contributed by atoms with van der Waals surface area (Å²) >= 11 is 0. The maximum Gasteiger partial charge on any atom is 0.327 e. The molecule has 2 N–H and O–H groups in total. The van der Waals surface area contributed by atoms with Gasteiger partial charge >= 0.3 is 6.03 Å². The number of likely N-dealkylation sites (N-methyl/N-ethyl adjacent to an activating group) is 2. The second-order valence-electron chi connectivity index (χ2n) is 5.78. The fourth-order valence-electron chi connectivity index (χ4n) is 3.20. The standard InChI is InChI=1S/C14H24N4O3/c1-15-8-9-16-11(19)10-18-12(20)14(17(2)13(18)21)6-4-3-5-7-14/h15H,3-10H2,1-2H3,(H,16,19). The Kier molecular flexibility index (Phi) is 4.82. The van der Waals surface area contributed by atoms with Crippen LogP contribution in [0.1, 0.15) is 32.1 Å². The van der Waals surface area contributed by atoms with E-state index in [0.29, 0.717) is 25.9 Å². The minimum atomic E-state index is -0.708. The number of imide groups is 1. The predicted octanol–water partition coefficient (Wildman–Crippen LogP) is -0.0811. The molecule has 0 bridgehead atoms. The summed E-state index contributed by atoms with van der Waals surface area (Å²) in [5.74, 6) is -0.508. The third-order valence-corrected chi connectivity index (χ3v) is 4.48. The van der Waals surface area contributed by atoms with Crippen molar-refractivity contribution >= 4 is 17.8 Å². The molecule has 1 aliphatic carbocycles. The molecule has 7 heteroatoms. The van der Waals surface area contributed by atoms with Gasteiger partial charge in [-0.05, 0) is 19.9 Å². The summed E-state index contributed by atoms with van der Waals surface area (Å²) in [6.45, 7) is 0.942. The Labute approximate surface area is 125 Å². The van der Waals surface area contributed by atoms with Crippen LogP contribution in [-0.4, -0.2) is 66.9 Å². The fourth-order valence-corrected chi connectivity index (χ4v) is 3.20. The van der Waals surface area contributed by atoms with Gasteiger partial charge in [0.15, 0.2) is 0 Å². The number of carbonyl (C=O) groups excluding carboxylic acids is 3. The van der Waals surface area contributed by atoms with Crippen LogP contribution in [0.4, 0.5) is 4.79 Å². The van der Waals surface area contributed by atoms with Crippen molar-refractivity contribution in [3.05, 3.63) is 0 Å². The molecule has 0 atom stereocenters. The highest BCUT2D eigenvalue weighted by Crippen LogP contribution is 2.39. The highest BCUT2D eigenvalue weighted by atomic mass is 16.2. The van der Waals surface area contributed by atoms with E-state index in [9.17, 15) is 14.4 Å². The zero-order chi connectivity index (χ0) is 15.5. The van der Waals surface area contributed by atoms with Crippen LogP contribution < -0.4 is 10.6 Å². The Morgan fingerprint density at radius 1 is 1.19 bits per heavy atom. The Morgan fingerprint density at radius 2 is 1.86 bits per heavy atom. The lowest BCUT2D eigenvalue weighted by Crippen LogP contribution is -2.49. The Balaban J connectivity index is 2.02. The van der Waals surface area contributed by atoms with Gasteiger partial charge in [0.05, 0.1) is 0 Å². The van der Waals surface area contributed by atoms with E-state index < -0.39 is 5.54 Å². The molecule has 1 spiro atoms. The molecule has 0 aromatic heterocycles. The van der Waals surface area contributed by atoms with E-state index in [-0.39, 0.29) is 24.4 Å². The van der Waals surface area contributed by atoms with Crippen LogP contribution in [0.25, 0.3) is 0 Å². The zero-order valence-electron chi connectivity index (χ0n) is 12.8. The number of hydrogen-bond acceptors (Lipinski definition) is 4. The lowest BCUT2D eigenvalue weighted by Gasteiger charge is -2.35. The molecule has 2 fully saturated rings. The summed E-state index contributed by atoms with van der Waals surface area (Å²) in [6, 6.07) is -0.356. The van der Waals surface area contributed by atoms with Crippen molar-refractivity contribution in [3.63, 3.8) is 0 Å². The Hall–Kier alpha value is -1.63. The number of nitrogens with one attached hydrogen (secondary N) is 2. The highest BCUT2D eigenvalue weighted by molar-refractivity contribution is 6.08. The lowest BCUT2D eigenvalue weighted by atomic mass is 9.81. The van der Waals surface area contributed by atoms with Crippen LogP contribution in [0, 0.1) is 0 Å². The maximum atomic E-state index is 12.6. The average molecular weight is 296 g/mol. The van der Waals surface area contributed by atoms with Gasteiger partial charge < -0.3 is 15.5 Å². The first kappa shape index (κ1) is 15.8. The molecule has 1 heterocycles. The SMILES string of the molecule is CNCCNC(=O)CN1C(=O)N(C)C2(CCCCC2)C1=O. The van der Waals surface area contributed by atoms with Gasteiger partial charge in [-0.15, -0.1) is 0 Å². The molecule has 0 unspecified atom stereocenters. The molecular weight excluding hydrogens is 272 g/mol. The Morgan fingerprint density at radius 3 is 2.48 bits per heavy atom. The molecule has 2 rings (SSSR count). The molecule has 7 nitrogen and oxygen atoms in total. The van der Waals surface area contributed by atoms with Gasteiger partial charge in [-0.25, -0.2) is 4.79 Å². The molecule has 0 radical (unpaired) electrons. The number of hydrogen-bond donors (Lipinski definition) is 2. The molecule has 4 amide bonds. The first-order valence-electron chi connectivity index (χ1n) is 7.54. The molecule has 0 aromatic rings. The van der Waals surface area contributed by atoms with Crippen molar-refractivity contribution in [2.75, 3.05) is 33.7 Å². The number of carbonyl (C=O) groups is 3. The van der Waals surface area contributed by atoms with Crippen LogP contribution in [0.15, 0.2) is 0 Å². The van der Waals surface area contributed by atoms with Crippen LogP contribution in [0.5, 0.6) is 0 Å². The molecule has 118 valence electrons. The summed E-state index contributed by atoms with van der Waals surface area (Å²) < 4.78 is 0. The van der Waals surface area contributed by atoms with E-state index in [2.05, 4.69) is 10.6 Å². The van der Waals surface area contributed by atoms with E-state index in [4.69, 9.17) is 0 Å². The van der Waals surface area contributed by atoms with E-state index in [1.165, 1.54) is 4.90 Å². The molecule has 1 saturated heterocycles. The smallest absolute Gasteiger partial charge is 0.327 e. The van der Waals surface area contributed by atoms with Crippen molar-refractivity contribution in [1.29, 1.82) is 0 Å². The van der Waals surface area contributed by atoms with Crippen LogP contribution in [-0.2, 0) is 9.59 Å². The Bertz CT molecular complexity index is 432. The average Bonchev–Trinajstić information content (AvgIpc) is 2.65. The van der Waals surface area contributed by atoms with Crippen molar-refractivity contribution in [1.82, 2.24) is 20.4 Å². The summed E-state index contributed by atoms with van der Waals surface area (Å²) in [6.07, 6.45) is 4.40. The van der Waals surface area contributed by atoms with Crippen molar-refractivity contribution in [2.24, 2.45) is 0 Å². The monoisotopic (exact) mass is 296 g/mol. The quantitative estimate of drug-likeness (QED) is 0.549. The molecule has 2 aliphatic rings. The normalized spacial score (nSPS) is 21.2. The summed E-state index contributed by atoms with van der Waals surface area (Å²) in [7, 11) is 3.46. The second-order valence-corrected chi connectivity index (χ2v) is 5.78.